The van der Waals surface area contributed by atoms with Gasteiger partial charge in [0.15, 0.2) is 6.72 Å². The van der Waals surface area contributed by atoms with Gasteiger partial charge in [0.05, 0.1) is 0 Å². The summed E-state index contributed by atoms with van der Waals surface area (Å²) in [5.41, 5.74) is 3.92. The highest BCUT2D eigenvalue weighted by Gasteiger charge is 2.12. The SMILES string of the molecule is C=[N+](NC(=O)c1ccncc1)c1ccncc1. The molecule has 1 amide bonds. The van der Waals surface area contributed by atoms with E-state index >= 15 is 0 Å². The molecule has 0 aliphatic heterocycles. The van der Waals surface area contributed by atoms with Gasteiger partial charge in [0, 0.05) is 42.5 Å². The lowest BCUT2D eigenvalue weighted by molar-refractivity contribution is -0.481. The van der Waals surface area contributed by atoms with Gasteiger partial charge in [0.2, 0.25) is 5.69 Å². The van der Waals surface area contributed by atoms with Crippen LogP contribution < -0.4 is 5.43 Å². The molecule has 0 spiro atoms. The van der Waals surface area contributed by atoms with Crippen LogP contribution in [0.5, 0.6) is 0 Å². The molecule has 84 valence electrons. The molecule has 0 fully saturated rings. The summed E-state index contributed by atoms with van der Waals surface area (Å²) >= 11 is 0. The zero-order chi connectivity index (χ0) is 12.1. The van der Waals surface area contributed by atoms with Crippen LogP contribution in [-0.2, 0) is 0 Å². The smallest absolute Gasteiger partial charge is 0.265 e. The molecule has 0 bridgehead atoms. The average Bonchev–Trinajstić information content (AvgIpc) is 2.40. The predicted octanol–water partition coefficient (Wildman–Crippen LogP) is 1.17. The number of rotatable bonds is 3. The second kappa shape index (κ2) is 4.98. The first-order valence-corrected chi connectivity index (χ1v) is 4.99. The van der Waals surface area contributed by atoms with Gasteiger partial charge in [-0.3, -0.25) is 14.8 Å². The van der Waals surface area contributed by atoms with Crippen LogP contribution in [0.1, 0.15) is 10.4 Å². The van der Waals surface area contributed by atoms with Crippen molar-refractivity contribution in [3.05, 3.63) is 54.6 Å². The summed E-state index contributed by atoms with van der Waals surface area (Å²) in [7, 11) is 0. The maximum atomic E-state index is 11.8. The molecule has 2 aromatic heterocycles. The van der Waals surface area contributed by atoms with Crippen molar-refractivity contribution in [1.82, 2.24) is 15.4 Å². The molecule has 2 rings (SSSR count). The third-order valence-electron chi connectivity index (χ3n) is 2.15. The van der Waals surface area contributed by atoms with Crippen molar-refractivity contribution in [2.24, 2.45) is 0 Å². The lowest BCUT2D eigenvalue weighted by Gasteiger charge is -2.01. The molecule has 0 saturated heterocycles. The van der Waals surface area contributed by atoms with Gasteiger partial charge in [0.25, 0.3) is 0 Å². The molecular formula is C12H11N4O+. The molecule has 1 N–H and O–H groups in total. The molecule has 5 heteroatoms. The Labute approximate surface area is 98.4 Å². The standard InChI is InChI=1S/C12H10N4O/c1-16(11-4-8-14-9-5-11)15-12(17)10-2-6-13-7-3-10/h2-9H,1H2/p+1. The van der Waals surface area contributed by atoms with Gasteiger partial charge in [-0.15, -0.1) is 5.43 Å². The highest BCUT2D eigenvalue weighted by atomic mass is 16.2. The number of carbonyl (C=O) groups is 1. The largest absolute Gasteiger partial charge is 0.305 e. The fraction of sp³-hybridized carbons (Fsp3) is 0. The van der Waals surface area contributed by atoms with Crippen molar-refractivity contribution < 1.29 is 9.48 Å². The number of carbonyl (C=O) groups excluding carboxylic acids is 1. The Bertz CT molecular complexity index is 475. The molecular weight excluding hydrogens is 216 g/mol. The van der Waals surface area contributed by atoms with E-state index in [4.69, 9.17) is 0 Å². The van der Waals surface area contributed by atoms with Crippen LogP contribution in [0.2, 0.25) is 0 Å². The van der Waals surface area contributed by atoms with Crippen molar-refractivity contribution in [2.45, 2.75) is 0 Å². The van der Waals surface area contributed by atoms with Crippen molar-refractivity contribution in [1.29, 1.82) is 0 Å². The van der Waals surface area contributed by atoms with Crippen molar-refractivity contribution in [3.63, 3.8) is 0 Å². The Morgan fingerprint density at radius 2 is 1.59 bits per heavy atom. The first-order chi connectivity index (χ1) is 8.27. The molecule has 0 saturated carbocycles. The number of nitrogens with one attached hydrogen (secondary N) is 1. The fourth-order valence-corrected chi connectivity index (χ4v) is 1.28. The highest BCUT2D eigenvalue weighted by Crippen LogP contribution is 2.06. The number of hydrogen-bond acceptors (Lipinski definition) is 3. The minimum atomic E-state index is -0.237. The van der Waals surface area contributed by atoms with Crippen molar-refractivity contribution in [3.8, 4) is 0 Å². The van der Waals surface area contributed by atoms with Crippen LogP contribution in [0.4, 0.5) is 5.69 Å². The summed E-state index contributed by atoms with van der Waals surface area (Å²) in [6.45, 7) is 3.73. The van der Waals surface area contributed by atoms with Crippen LogP contribution in [0.15, 0.2) is 49.1 Å². The van der Waals surface area contributed by atoms with Gasteiger partial charge in [-0.05, 0) is 12.1 Å². The fourth-order valence-electron chi connectivity index (χ4n) is 1.28. The summed E-state index contributed by atoms with van der Waals surface area (Å²) < 4.78 is 1.39. The maximum Gasteiger partial charge on any atom is 0.305 e. The molecule has 5 nitrogen and oxygen atoms in total. The molecule has 0 radical (unpaired) electrons. The van der Waals surface area contributed by atoms with E-state index in [0.717, 1.165) is 5.69 Å². The van der Waals surface area contributed by atoms with E-state index in [-0.39, 0.29) is 5.91 Å². The van der Waals surface area contributed by atoms with Gasteiger partial charge in [0.1, 0.15) is 0 Å². The summed E-state index contributed by atoms with van der Waals surface area (Å²) in [4.78, 5) is 19.5. The van der Waals surface area contributed by atoms with Crippen LogP contribution in [-0.4, -0.2) is 27.3 Å². The minimum absolute atomic E-state index is 0.237. The van der Waals surface area contributed by atoms with Gasteiger partial charge < -0.3 is 0 Å². The van der Waals surface area contributed by atoms with E-state index in [1.165, 1.54) is 4.68 Å². The Balaban J connectivity index is 2.08. The first kappa shape index (κ1) is 10.9. The van der Waals surface area contributed by atoms with Gasteiger partial charge in [-0.1, -0.05) is 4.68 Å². The number of aromatic nitrogens is 2. The second-order valence-electron chi connectivity index (χ2n) is 3.31. The quantitative estimate of drug-likeness (QED) is 0.486. The van der Waals surface area contributed by atoms with E-state index in [9.17, 15) is 4.79 Å². The van der Waals surface area contributed by atoms with E-state index in [1.807, 2.05) is 0 Å². The minimum Gasteiger partial charge on any atom is -0.265 e. The van der Waals surface area contributed by atoms with Gasteiger partial charge in [-0.2, -0.15) is 0 Å². The maximum absolute atomic E-state index is 11.8. The average molecular weight is 227 g/mol. The molecule has 0 aliphatic carbocycles. The van der Waals surface area contributed by atoms with Crippen LogP contribution in [0, 0.1) is 0 Å². The van der Waals surface area contributed by atoms with Crippen LogP contribution in [0.3, 0.4) is 0 Å². The molecule has 2 heterocycles. The molecule has 0 atom stereocenters. The lowest BCUT2D eigenvalue weighted by Crippen LogP contribution is -2.30. The Hall–Kier alpha value is -2.56. The zero-order valence-corrected chi connectivity index (χ0v) is 9.08. The topological polar surface area (TPSA) is 57.9 Å². The third kappa shape index (κ3) is 2.72. The number of hydrazone groups is 1. The van der Waals surface area contributed by atoms with E-state index in [1.54, 1.807) is 49.1 Å². The Morgan fingerprint density at radius 3 is 2.18 bits per heavy atom. The summed E-state index contributed by atoms with van der Waals surface area (Å²) in [5.74, 6) is -0.237. The van der Waals surface area contributed by atoms with Crippen LogP contribution in [0.25, 0.3) is 0 Å². The highest BCUT2D eigenvalue weighted by molar-refractivity contribution is 5.93. The number of hydrogen-bond donors (Lipinski definition) is 1. The van der Waals surface area contributed by atoms with Crippen LogP contribution >= 0.6 is 0 Å². The molecule has 2 aromatic rings. The summed E-state index contributed by atoms with van der Waals surface area (Å²) in [6, 6.07) is 6.77. The molecule has 0 unspecified atom stereocenters. The normalized spacial score (nSPS) is 9.65. The van der Waals surface area contributed by atoms with Crippen molar-refractivity contribution in [2.75, 3.05) is 0 Å². The third-order valence-corrected chi connectivity index (χ3v) is 2.15. The van der Waals surface area contributed by atoms with E-state index in [0.29, 0.717) is 5.56 Å². The van der Waals surface area contributed by atoms with E-state index in [2.05, 4.69) is 22.1 Å². The predicted molar refractivity (Wildman–Crippen MR) is 63.0 cm³/mol. The van der Waals surface area contributed by atoms with Gasteiger partial charge >= 0.3 is 5.91 Å². The number of hydrazine groups is 1. The lowest BCUT2D eigenvalue weighted by atomic mass is 10.2. The van der Waals surface area contributed by atoms with Crippen molar-refractivity contribution >= 4 is 18.3 Å². The number of amides is 1. The monoisotopic (exact) mass is 227 g/mol. The first-order valence-electron chi connectivity index (χ1n) is 4.99. The zero-order valence-electron chi connectivity index (χ0n) is 9.08. The molecule has 17 heavy (non-hydrogen) atoms. The molecule has 0 aromatic carbocycles. The molecule has 0 aliphatic rings. The van der Waals surface area contributed by atoms with E-state index < -0.39 is 0 Å². The van der Waals surface area contributed by atoms with Gasteiger partial charge in [-0.25, -0.2) is 0 Å². The Kier molecular flexibility index (Phi) is 3.20. The number of pyridine rings is 2. The summed E-state index contributed by atoms with van der Waals surface area (Å²) in [6.07, 6.45) is 6.39. The summed E-state index contributed by atoms with van der Waals surface area (Å²) in [5, 5.41) is 0. The number of nitrogens with zero attached hydrogens (tertiary/aromatic N) is 3. The Morgan fingerprint density at radius 1 is 1.06 bits per heavy atom. The second-order valence-corrected chi connectivity index (χ2v) is 3.31.